The van der Waals surface area contributed by atoms with Gasteiger partial charge in [-0.05, 0) is 61.4 Å². The van der Waals surface area contributed by atoms with Crippen LogP contribution in [0, 0.1) is 17.8 Å². The second kappa shape index (κ2) is 6.28. The molecule has 4 rings (SSSR count). The highest BCUT2D eigenvalue weighted by molar-refractivity contribution is 5.36. The minimum Gasteiger partial charge on any atom is -0.383 e. The van der Waals surface area contributed by atoms with E-state index in [1.165, 1.54) is 23.2 Å². The predicted molar refractivity (Wildman–Crippen MR) is 98.5 cm³/mol. The first kappa shape index (κ1) is 16.3. The fourth-order valence-electron chi connectivity index (χ4n) is 4.27. The maximum atomic E-state index is 11.9. The molecule has 132 valence electrons. The summed E-state index contributed by atoms with van der Waals surface area (Å²) in [4.78, 5) is 18.3. The third-order valence-electron chi connectivity index (χ3n) is 5.87. The summed E-state index contributed by atoms with van der Waals surface area (Å²) in [6.45, 7) is 5.53. The van der Waals surface area contributed by atoms with Crippen LogP contribution in [-0.4, -0.2) is 40.1 Å². The molecule has 4 N–H and O–H groups in total. The van der Waals surface area contributed by atoms with E-state index in [4.69, 9.17) is 11.5 Å². The molecule has 6 heteroatoms. The number of fused-ring (bicyclic) bond motifs is 1. The summed E-state index contributed by atoms with van der Waals surface area (Å²) in [5.74, 6) is 2.68. The summed E-state index contributed by atoms with van der Waals surface area (Å²) in [6.07, 6.45) is 2.68. The molecule has 2 aromatic rings. The number of aromatic nitrogens is 2. The molecule has 1 saturated heterocycles. The van der Waals surface area contributed by atoms with Crippen LogP contribution in [0.4, 0.5) is 5.82 Å². The van der Waals surface area contributed by atoms with Gasteiger partial charge in [0.25, 0.3) is 0 Å². The van der Waals surface area contributed by atoms with Crippen molar-refractivity contribution in [3.63, 3.8) is 0 Å². The molecule has 0 bridgehead atoms. The molecule has 1 aliphatic carbocycles. The molecule has 1 aromatic carbocycles. The molecular formula is C19H25N5O. The number of nitrogen functional groups attached to an aromatic ring is 1. The molecule has 0 amide bonds. The van der Waals surface area contributed by atoms with Gasteiger partial charge < -0.3 is 11.5 Å². The highest BCUT2D eigenvalue weighted by Gasteiger charge is 2.54. The molecule has 2 heterocycles. The molecule has 2 aliphatic rings. The Labute approximate surface area is 147 Å². The number of benzene rings is 1. The average molecular weight is 339 g/mol. The first-order valence-electron chi connectivity index (χ1n) is 8.95. The van der Waals surface area contributed by atoms with Crippen LogP contribution in [0.2, 0.25) is 0 Å². The molecule has 0 radical (unpaired) electrons. The summed E-state index contributed by atoms with van der Waals surface area (Å²) in [5, 5.41) is 0. The van der Waals surface area contributed by atoms with E-state index < -0.39 is 0 Å². The van der Waals surface area contributed by atoms with E-state index in [9.17, 15) is 4.79 Å². The Balaban J connectivity index is 1.40. The van der Waals surface area contributed by atoms with Crippen molar-refractivity contribution in [3.8, 4) is 5.69 Å². The Morgan fingerprint density at radius 3 is 2.48 bits per heavy atom. The standard InChI is InChI=1S/C19H25N5O/c1-12(23-10-16-15(9-20)17(16)11-23)8-13-2-4-14(5-3-13)24-7-6-18(21)22-19(24)25/h2-7,12,15-17H,8-11,20H2,1H3,(H2,21,22,25)/t12-,15?,16-,17+/m1/s1. The maximum Gasteiger partial charge on any atom is 0.354 e. The van der Waals surface area contributed by atoms with E-state index in [1.807, 2.05) is 12.1 Å². The largest absolute Gasteiger partial charge is 0.383 e. The van der Waals surface area contributed by atoms with Gasteiger partial charge in [0, 0.05) is 25.3 Å². The zero-order chi connectivity index (χ0) is 17.6. The fourth-order valence-corrected chi connectivity index (χ4v) is 4.27. The third-order valence-corrected chi connectivity index (χ3v) is 5.87. The van der Waals surface area contributed by atoms with E-state index in [0.717, 1.165) is 36.4 Å². The molecule has 1 unspecified atom stereocenters. The minimum absolute atomic E-state index is 0.243. The molecule has 0 spiro atoms. The van der Waals surface area contributed by atoms with Gasteiger partial charge in [-0.25, -0.2) is 4.79 Å². The molecule has 1 saturated carbocycles. The lowest BCUT2D eigenvalue weighted by Gasteiger charge is -2.27. The van der Waals surface area contributed by atoms with Gasteiger partial charge in [0.05, 0.1) is 5.69 Å². The van der Waals surface area contributed by atoms with Crippen LogP contribution < -0.4 is 17.2 Å². The second-order valence-corrected chi connectivity index (χ2v) is 7.41. The number of likely N-dealkylation sites (tertiary alicyclic amines) is 1. The number of hydrogen-bond acceptors (Lipinski definition) is 5. The summed E-state index contributed by atoms with van der Waals surface area (Å²) in [5.41, 5.74) is 13.1. The van der Waals surface area contributed by atoms with Crippen LogP contribution in [0.3, 0.4) is 0 Å². The Bertz CT molecular complexity index is 803. The van der Waals surface area contributed by atoms with Crippen molar-refractivity contribution in [2.45, 2.75) is 19.4 Å². The summed E-state index contributed by atoms with van der Waals surface area (Å²) < 4.78 is 1.50. The molecule has 6 nitrogen and oxygen atoms in total. The van der Waals surface area contributed by atoms with Gasteiger partial charge >= 0.3 is 5.69 Å². The lowest BCUT2D eigenvalue weighted by Crippen LogP contribution is -2.35. The smallest absolute Gasteiger partial charge is 0.354 e. The molecule has 4 atom stereocenters. The van der Waals surface area contributed by atoms with E-state index in [2.05, 4.69) is 28.9 Å². The number of rotatable bonds is 5. The number of piperidine rings is 1. The Kier molecular flexibility index (Phi) is 4.09. The molecule has 1 aliphatic heterocycles. The average Bonchev–Trinajstić information content (AvgIpc) is 3.06. The van der Waals surface area contributed by atoms with Crippen molar-refractivity contribution in [2.75, 3.05) is 25.4 Å². The normalized spacial score (nSPS) is 26.4. The number of hydrogen-bond donors (Lipinski definition) is 2. The Morgan fingerprint density at radius 2 is 1.88 bits per heavy atom. The molecule has 2 fully saturated rings. The van der Waals surface area contributed by atoms with Crippen LogP contribution in [0.1, 0.15) is 12.5 Å². The van der Waals surface area contributed by atoms with Crippen molar-refractivity contribution < 1.29 is 0 Å². The van der Waals surface area contributed by atoms with Gasteiger partial charge in [0.2, 0.25) is 0 Å². The lowest BCUT2D eigenvalue weighted by atomic mass is 10.0. The number of nitrogens with two attached hydrogens (primary N) is 2. The van der Waals surface area contributed by atoms with E-state index >= 15 is 0 Å². The van der Waals surface area contributed by atoms with E-state index in [-0.39, 0.29) is 11.5 Å². The zero-order valence-corrected chi connectivity index (χ0v) is 14.5. The van der Waals surface area contributed by atoms with Gasteiger partial charge in [-0.2, -0.15) is 4.98 Å². The maximum absolute atomic E-state index is 11.9. The summed E-state index contributed by atoms with van der Waals surface area (Å²) in [6, 6.07) is 10.3. The van der Waals surface area contributed by atoms with Crippen molar-refractivity contribution in [1.29, 1.82) is 0 Å². The van der Waals surface area contributed by atoms with Crippen LogP contribution in [-0.2, 0) is 6.42 Å². The number of nitrogens with zero attached hydrogens (tertiary/aromatic N) is 3. The van der Waals surface area contributed by atoms with Crippen LogP contribution in [0.25, 0.3) is 5.69 Å². The van der Waals surface area contributed by atoms with Crippen molar-refractivity contribution in [2.24, 2.45) is 23.5 Å². The number of anilines is 1. The quantitative estimate of drug-likeness (QED) is 0.844. The van der Waals surface area contributed by atoms with Gasteiger partial charge in [0.15, 0.2) is 0 Å². The highest BCUT2D eigenvalue weighted by atomic mass is 16.1. The second-order valence-electron chi connectivity index (χ2n) is 7.41. The summed E-state index contributed by atoms with van der Waals surface area (Å²) in [7, 11) is 0. The predicted octanol–water partition coefficient (Wildman–Crippen LogP) is 0.882. The SMILES string of the molecule is C[C@H](Cc1ccc(-n2ccc(N)nc2=O)cc1)N1C[C@@H]2C(CN)[C@@H]2C1. The van der Waals surface area contributed by atoms with Crippen LogP contribution >= 0.6 is 0 Å². The first-order valence-corrected chi connectivity index (χ1v) is 8.95. The lowest BCUT2D eigenvalue weighted by molar-refractivity contribution is 0.220. The monoisotopic (exact) mass is 339 g/mol. The van der Waals surface area contributed by atoms with Gasteiger partial charge in [-0.1, -0.05) is 12.1 Å². The van der Waals surface area contributed by atoms with Crippen LogP contribution in [0.15, 0.2) is 41.3 Å². The summed E-state index contributed by atoms with van der Waals surface area (Å²) >= 11 is 0. The molecule has 1 aromatic heterocycles. The first-order chi connectivity index (χ1) is 12.1. The molecule has 25 heavy (non-hydrogen) atoms. The van der Waals surface area contributed by atoms with Crippen molar-refractivity contribution in [1.82, 2.24) is 14.5 Å². The Morgan fingerprint density at radius 1 is 1.20 bits per heavy atom. The van der Waals surface area contributed by atoms with E-state index in [0.29, 0.717) is 6.04 Å². The third kappa shape index (κ3) is 3.07. The van der Waals surface area contributed by atoms with Crippen molar-refractivity contribution in [3.05, 3.63) is 52.6 Å². The molecular weight excluding hydrogens is 314 g/mol. The van der Waals surface area contributed by atoms with Crippen LogP contribution in [0.5, 0.6) is 0 Å². The minimum atomic E-state index is -0.355. The van der Waals surface area contributed by atoms with Gasteiger partial charge in [-0.15, -0.1) is 0 Å². The highest BCUT2D eigenvalue weighted by Crippen LogP contribution is 2.51. The zero-order valence-electron chi connectivity index (χ0n) is 14.5. The van der Waals surface area contributed by atoms with Gasteiger partial charge in [0.1, 0.15) is 5.82 Å². The Hall–Kier alpha value is -2.18. The fraction of sp³-hybridized carbons (Fsp3) is 0.474. The van der Waals surface area contributed by atoms with Crippen molar-refractivity contribution >= 4 is 5.82 Å². The van der Waals surface area contributed by atoms with Gasteiger partial charge in [-0.3, -0.25) is 9.47 Å². The van der Waals surface area contributed by atoms with E-state index in [1.54, 1.807) is 12.3 Å². The topological polar surface area (TPSA) is 90.2 Å².